The molecule has 0 radical (unpaired) electrons. The predicted octanol–water partition coefficient (Wildman–Crippen LogP) is 1.72. The third kappa shape index (κ3) is 5.01. The smallest absolute Gasteiger partial charge is 0.251 e. The summed E-state index contributed by atoms with van der Waals surface area (Å²) in [6.45, 7) is 7.41. The van der Waals surface area contributed by atoms with Gasteiger partial charge in [0.2, 0.25) is 0 Å². The molecule has 0 unspecified atom stereocenters. The summed E-state index contributed by atoms with van der Waals surface area (Å²) in [5.74, 6) is -0.0851. The van der Waals surface area contributed by atoms with Gasteiger partial charge in [0.15, 0.2) is 0 Å². The van der Waals surface area contributed by atoms with Crippen molar-refractivity contribution in [2.75, 3.05) is 26.4 Å². The molecule has 0 aliphatic rings. The average Bonchev–Trinajstić information content (AvgIpc) is 2.37. The van der Waals surface area contributed by atoms with Gasteiger partial charge in [-0.2, -0.15) is 0 Å². The van der Waals surface area contributed by atoms with E-state index in [2.05, 4.69) is 26.1 Å². The van der Waals surface area contributed by atoms with Crippen LogP contribution in [-0.4, -0.2) is 37.4 Å². The summed E-state index contributed by atoms with van der Waals surface area (Å²) >= 11 is 0. The minimum absolute atomic E-state index is 0.000798. The molecule has 19 heavy (non-hydrogen) atoms. The molecule has 0 aliphatic carbocycles. The van der Waals surface area contributed by atoms with E-state index in [9.17, 15) is 4.79 Å². The third-order valence-corrected chi connectivity index (χ3v) is 2.75. The number of ether oxygens (including phenoxy) is 1. The zero-order valence-electron chi connectivity index (χ0n) is 11.9. The molecule has 0 heterocycles. The number of aliphatic hydroxyl groups excluding tert-OH is 1. The second-order valence-electron chi connectivity index (χ2n) is 5.39. The van der Waals surface area contributed by atoms with Crippen molar-refractivity contribution in [1.82, 2.24) is 5.32 Å². The molecule has 4 heteroatoms. The van der Waals surface area contributed by atoms with Crippen LogP contribution in [0.4, 0.5) is 0 Å². The number of carbonyl (C=O) groups is 1. The summed E-state index contributed by atoms with van der Waals surface area (Å²) < 4.78 is 5.10. The molecule has 106 valence electrons. The Hall–Kier alpha value is -1.39. The minimum Gasteiger partial charge on any atom is -0.394 e. The van der Waals surface area contributed by atoms with Gasteiger partial charge in [-0.1, -0.05) is 39.0 Å². The summed E-state index contributed by atoms with van der Waals surface area (Å²) in [5, 5.41) is 11.4. The zero-order chi connectivity index (χ0) is 14.3. The Balaban J connectivity index is 2.62. The number of aliphatic hydroxyl groups is 1. The molecule has 0 saturated heterocycles. The first-order valence-corrected chi connectivity index (χ1v) is 6.53. The van der Waals surface area contributed by atoms with E-state index < -0.39 is 0 Å². The van der Waals surface area contributed by atoms with Crippen LogP contribution in [-0.2, 0) is 10.2 Å². The van der Waals surface area contributed by atoms with Crippen molar-refractivity contribution in [1.29, 1.82) is 0 Å². The van der Waals surface area contributed by atoms with Crippen LogP contribution in [0.1, 0.15) is 36.7 Å². The number of amides is 1. The molecule has 0 aromatic heterocycles. The van der Waals surface area contributed by atoms with Crippen molar-refractivity contribution in [3.63, 3.8) is 0 Å². The largest absolute Gasteiger partial charge is 0.394 e. The fraction of sp³-hybridized carbons (Fsp3) is 0.533. The molecule has 0 saturated carbocycles. The van der Waals surface area contributed by atoms with Gasteiger partial charge < -0.3 is 15.2 Å². The summed E-state index contributed by atoms with van der Waals surface area (Å²) in [5.41, 5.74) is 1.67. The Kier molecular flexibility index (Phi) is 5.99. The lowest BCUT2D eigenvalue weighted by molar-refractivity contribution is 0.0837. The Morgan fingerprint density at radius 2 is 1.95 bits per heavy atom. The van der Waals surface area contributed by atoms with Gasteiger partial charge in [0.1, 0.15) is 0 Å². The van der Waals surface area contributed by atoms with Gasteiger partial charge in [-0.3, -0.25) is 4.79 Å². The molecular formula is C15H23NO3. The van der Waals surface area contributed by atoms with E-state index in [1.807, 2.05) is 24.3 Å². The van der Waals surface area contributed by atoms with Gasteiger partial charge >= 0.3 is 0 Å². The van der Waals surface area contributed by atoms with Crippen LogP contribution in [0.15, 0.2) is 24.3 Å². The Morgan fingerprint density at radius 3 is 2.58 bits per heavy atom. The van der Waals surface area contributed by atoms with E-state index in [4.69, 9.17) is 9.84 Å². The van der Waals surface area contributed by atoms with Crippen LogP contribution in [0.2, 0.25) is 0 Å². The molecule has 0 fully saturated rings. The Labute approximate surface area is 114 Å². The first-order valence-electron chi connectivity index (χ1n) is 6.53. The van der Waals surface area contributed by atoms with E-state index in [1.165, 1.54) is 0 Å². The maximum Gasteiger partial charge on any atom is 0.251 e. The van der Waals surface area contributed by atoms with Crippen molar-refractivity contribution in [3.05, 3.63) is 35.4 Å². The Bertz CT molecular complexity index is 410. The normalized spacial score (nSPS) is 11.4. The summed E-state index contributed by atoms with van der Waals surface area (Å²) in [7, 11) is 0. The lowest BCUT2D eigenvalue weighted by atomic mass is 9.83. The summed E-state index contributed by atoms with van der Waals surface area (Å²) in [4.78, 5) is 12.1. The number of benzene rings is 1. The van der Waals surface area contributed by atoms with Gasteiger partial charge in [-0.25, -0.2) is 0 Å². The van der Waals surface area contributed by atoms with Crippen molar-refractivity contribution in [2.45, 2.75) is 26.2 Å². The molecule has 1 rings (SSSR count). The fourth-order valence-corrected chi connectivity index (χ4v) is 1.83. The maximum atomic E-state index is 12.1. The highest BCUT2D eigenvalue weighted by atomic mass is 16.5. The molecule has 0 bridgehead atoms. The lowest BCUT2D eigenvalue weighted by Gasteiger charge is -2.22. The minimum atomic E-state index is -0.0851. The highest BCUT2D eigenvalue weighted by Crippen LogP contribution is 2.25. The van der Waals surface area contributed by atoms with Gasteiger partial charge in [0.05, 0.1) is 19.8 Å². The zero-order valence-corrected chi connectivity index (χ0v) is 11.9. The first-order chi connectivity index (χ1) is 8.96. The van der Waals surface area contributed by atoms with Crippen LogP contribution in [0, 0.1) is 0 Å². The molecular weight excluding hydrogens is 242 g/mol. The molecule has 0 aliphatic heterocycles. The number of nitrogens with one attached hydrogen (secondary N) is 1. The number of hydrogen-bond donors (Lipinski definition) is 2. The van der Waals surface area contributed by atoms with Gasteiger partial charge in [0.25, 0.3) is 5.91 Å². The number of hydrogen-bond acceptors (Lipinski definition) is 3. The van der Waals surface area contributed by atoms with Gasteiger partial charge in [-0.05, 0) is 17.0 Å². The topological polar surface area (TPSA) is 58.6 Å². The fourth-order valence-electron chi connectivity index (χ4n) is 1.83. The maximum absolute atomic E-state index is 12.1. The van der Waals surface area contributed by atoms with Crippen LogP contribution >= 0.6 is 0 Å². The molecule has 2 N–H and O–H groups in total. The van der Waals surface area contributed by atoms with Gasteiger partial charge in [0, 0.05) is 12.1 Å². The van der Waals surface area contributed by atoms with Crippen molar-refractivity contribution < 1.29 is 14.6 Å². The Morgan fingerprint density at radius 1 is 1.26 bits per heavy atom. The second kappa shape index (κ2) is 7.26. The molecule has 1 aromatic rings. The molecule has 0 atom stereocenters. The van der Waals surface area contributed by atoms with E-state index in [-0.39, 0.29) is 17.9 Å². The molecule has 1 amide bonds. The lowest BCUT2D eigenvalue weighted by Crippen LogP contribution is -2.30. The van der Waals surface area contributed by atoms with E-state index in [0.29, 0.717) is 25.3 Å². The highest BCUT2D eigenvalue weighted by molar-refractivity contribution is 5.96. The van der Waals surface area contributed by atoms with Crippen LogP contribution in [0.3, 0.4) is 0 Å². The van der Waals surface area contributed by atoms with Crippen molar-refractivity contribution >= 4 is 5.91 Å². The molecule has 1 aromatic carbocycles. The quantitative estimate of drug-likeness (QED) is 0.770. The van der Waals surface area contributed by atoms with Crippen molar-refractivity contribution in [3.8, 4) is 0 Å². The van der Waals surface area contributed by atoms with Crippen LogP contribution in [0.5, 0.6) is 0 Å². The summed E-state index contributed by atoms with van der Waals surface area (Å²) in [6, 6.07) is 7.63. The molecule has 4 nitrogen and oxygen atoms in total. The predicted molar refractivity (Wildman–Crippen MR) is 75.4 cm³/mol. The standard InChI is InChI=1S/C15H23NO3/c1-15(2,3)13-7-5-4-6-12(13)14(18)16-8-10-19-11-9-17/h4-7,17H,8-11H2,1-3H3,(H,16,18). The van der Waals surface area contributed by atoms with E-state index >= 15 is 0 Å². The summed E-state index contributed by atoms with van der Waals surface area (Å²) in [6.07, 6.45) is 0. The third-order valence-electron chi connectivity index (χ3n) is 2.75. The van der Waals surface area contributed by atoms with E-state index in [1.54, 1.807) is 0 Å². The average molecular weight is 265 g/mol. The van der Waals surface area contributed by atoms with Crippen molar-refractivity contribution in [2.24, 2.45) is 0 Å². The first kappa shape index (κ1) is 15.7. The number of rotatable bonds is 6. The second-order valence-corrected chi connectivity index (χ2v) is 5.39. The van der Waals surface area contributed by atoms with Crippen LogP contribution in [0.25, 0.3) is 0 Å². The molecule has 0 spiro atoms. The SMILES string of the molecule is CC(C)(C)c1ccccc1C(=O)NCCOCCO. The van der Waals surface area contributed by atoms with E-state index in [0.717, 1.165) is 5.56 Å². The van der Waals surface area contributed by atoms with Crippen LogP contribution < -0.4 is 5.32 Å². The van der Waals surface area contributed by atoms with Gasteiger partial charge in [-0.15, -0.1) is 0 Å². The highest BCUT2D eigenvalue weighted by Gasteiger charge is 2.20. The monoisotopic (exact) mass is 265 g/mol. The number of carbonyl (C=O) groups excluding carboxylic acids is 1.